The monoisotopic (exact) mass is 278 g/mol. The van der Waals surface area contributed by atoms with Crippen molar-refractivity contribution < 1.29 is 9.31 Å². The Morgan fingerprint density at radius 2 is 1.95 bits per heavy atom. The van der Waals surface area contributed by atoms with Gasteiger partial charge in [-0.25, -0.2) is 4.39 Å². The molecule has 1 aliphatic heterocycles. The van der Waals surface area contributed by atoms with Crippen molar-refractivity contribution in [3.8, 4) is 6.07 Å². The predicted molar refractivity (Wildman–Crippen MR) is 70.4 cm³/mol. The molecule has 0 amide bonds. The summed E-state index contributed by atoms with van der Waals surface area (Å²) in [6.45, 7) is 3.68. The zero-order valence-corrected chi connectivity index (χ0v) is 11.0. The number of piperazine rings is 1. The average molecular weight is 278 g/mol. The molecule has 0 atom stereocenters. The van der Waals surface area contributed by atoms with Gasteiger partial charge in [0.15, 0.2) is 0 Å². The van der Waals surface area contributed by atoms with E-state index in [9.17, 15) is 14.5 Å². The van der Waals surface area contributed by atoms with Crippen molar-refractivity contribution in [1.82, 2.24) is 9.80 Å². The lowest BCUT2D eigenvalue weighted by Crippen LogP contribution is -2.45. The van der Waals surface area contributed by atoms with Crippen molar-refractivity contribution >= 4 is 5.69 Å². The van der Waals surface area contributed by atoms with Crippen LogP contribution >= 0.6 is 0 Å². The van der Waals surface area contributed by atoms with Crippen LogP contribution in [0, 0.1) is 27.3 Å². The smallest absolute Gasteiger partial charge is 0.274 e. The van der Waals surface area contributed by atoms with E-state index in [4.69, 9.17) is 5.26 Å². The highest BCUT2D eigenvalue weighted by molar-refractivity contribution is 5.40. The molecule has 0 N–H and O–H groups in total. The van der Waals surface area contributed by atoms with Gasteiger partial charge in [0.05, 0.1) is 17.5 Å². The molecule has 0 unspecified atom stereocenters. The minimum Gasteiger partial charge on any atom is -0.296 e. The van der Waals surface area contributed by atoms with Crippen molar-refractivity contribution in [1.29, 1.82) is 5.26 Å². The summed E-state index contributed by atoms with van der Waals surface area (Å²) < 4.78 is 13.2. The van der Waals surface area contributed by atoms with Gasteiger partial charge < -0.3 is 0 Å². The lowest BCUT2D eigenvalue weighted by atomic mass is 10.1. The summed E-state index contributed by atoms with van der Waals surface area (Å²) in [6.07, 6.45) is 0. The van der Waals surface area contributed by atoms with Crippen molar-refractivity contribution in [3.63, 3.8) is 0 Å². The summed E-state index contributed by atoms with van der Waals surface area (Å²) in [7, 11) is 0. The van der Waals surface area contributed by atoms with Gasteiger partial charge in [0, 0.05) is 44.4 Å². The molecule has 7 heteroatoms. The summed E-state index contributed by atoms with van der Waals surface area (Å²) in [6, 6.07) is 5.63. The standard InChI is InChI=1S/C13H15FN4O2/c14-12-1-2-13(18(19)20)11(9-12)10-17-7-5-16(4-3-15)6-8-17/h1-2,9H,4-8,10H2. The first-order valence-corrected chi connectivity index (χ1v) is 6.34. The SMILES string of the molecule is N#CCN1CCN(Cc2cc(F)ccc2[N+](=O)[O-])CC1. The molecule has 0 bridgehead atoms. The molecule has 20 heavy (non-hydrogen) atoms. The fourth-order valence-corrected chi connectivity index (χ4v) is 2.31. The van der Waals surface area contributed by atoms with Crippen LogP contribution in [-0.2, 0) is 6.54 Å². The predicted octanol–water partition coefficient (Wildman–Crippen LogP) is 1.38. The maximum absolute atomic E-state index is 13.2. The summed E-state index contributed by atoms with van der Waals surface area (Å²) in [5, 5.41) is 19.6. The largest absolute Gasteiger partial charge is 0.296 e. The van der Waals surface area contributed by atoms with Gasteiger partial charge in [-0.15, -0.1) is 0 Å². The van der Waals surface area contributed by atoms with E-state index in [-0.39, 0.29) is 5.69 Å². The first kappa shape index (κ1) is 14.4. The Morgan fingerprint density at radius 3 is 2.55 bits per heavy atom. The maximum Gasteiger partial charge on any atom is 0.274 e. The highest BCUT2D eigenvalue weighted by Gasteiger charge is 2.21. The van der Waals surface area contributed by atoms with Gasteiger partial charge in [0.1, 0.15) is 5.82 Å². The number of nitriles is 1. The topological polar surface area (TPSA) is 73.4 Å². The van der Waals surface area contributed by atoms with E-state index in [0.29, 0.717) is 18.7 Å². The Hall–Kier alpha value is -2.04. The quantitative estimate of drug-likeness (QED) is 0.472. The molecular weight excluding hydrogens is 263 g/mol. The van der Waals surface area contributed by atoms with Crippen molar-refractivity contribution in [2.24, 2.45) is 0 Å². The number of hydrogen-bond acceptors (Lipinski definition) is 5. The molecule has 6 nitrogen and oxygen atoms in total. The third kappa shape index (κ3) is 3.50. The second-order valence-electron chi connectivity index (χ2n) is 4.74. The molecule has 0 aromatic heterocycles. The van der Waals surface area contributed by atoms with Gasteiger partial charge in [0.25, 0.3) is 5.69 Å². The van der Waals surface area contributed by atoms with Gasteiger partial charge in [-0.3, -0.25) is 19.9 Å². The van der Waals surface area contributed by atoms with E-state index >= 15 is 0 Å². The Labute approximate surface area is 116 Å². The first-order chi connectivity index (χ1) is 9.60. The molecule has 1 fully saturated rings. The van der Waals surface area contributed by atoms with Crippen molar-refractivity contribution in [2.75, 3.05) is 32.7 Å². The van der Waals surface area contributed by atoms with Crippen LogP contribution in [0.3, 0.4) is 0 Å². The van der Waals surface area contributed by atoms with Gasteiger partial charge in [0.2, 0.25) is 0 Å². The van der Waals surface area contributed by atoms with E-state index in [0.717, 1.165) is 32.2 Å². The normalized spacial score (nSPS) is 16.8. The summed E-state index contributed by atoms with van der Waals surface area (Å²) in [5.41, 5.74) is 0.342. The number of nitrogens with zero attached hydrogens (tertiary/aromatic N) is 4. The van der Waals surface area contributed by atoms with Gasteiger partial charge in [-0.1, -0.05) is 0 Å². The minimum absolute atomic E-state index is 0.0501. The summed E-state index contributed by atoms with van der Waals surface area (Å²) in [5.74, 6) is -0.464. The number of benzene rings is 1. The van der Waals surface area contributed by atoms with Crippen molar-refractivity contribution in [2.45, 2.75) is 6.54 Å². The van der Waals surface area contributed by atoms with Gasteiger partial charge in [-0.2, -0.15) is 5.26 Å². The third-order valence-electron chi connectivity index (χ3n) is 3.39. The number of hydrogen-bond donors (Lipinski definition) is 0. The van der Waals surface area contributed by atoms with Crippen LogP contribution in [0.2, 0.25) is 0 Å². The molecule has 1 aromatic rings. The van der Waals surface area contributed by atoms with Gasteiger partial charge in [-0.05, 0) is 12.1 Å². The zero-order valence-electron chi connectivity index (χ0n) is 11.0. The third-order valence-corrected chi connectivity index (χ3v) is 3.39. The molecule has 0 aliphatic carbocycles. The van der Waals surface area contributed by atoms with Crippen molar-refractivity contribution in [3.05, 3.63) is 39.7 Å². The molecule has 0 saturated carbocycles. The number of rotatable bonds is 4. The molecule has 2 rings (SSSR count). The second-order valence-corrected chi connectivity index (χ2v) is 4.74. The minimum atomic E-state index is -0.485. The number of halogens is 1. The Kier molecular flexibility index (Phi) is 4.61. The van der Waals surface area contributed by atoms with Crippen LogP contribution in [0.4, 0.5) is 10.1 Å². The summed E-state index contributed by atoms with van der Waals surface area (Å²) in [4.78, 5) is 14.5. The molecular formula is C13H15FN4O2. The zero-order chi connectivity index (χ0) is 14.5. The van der Waals surface area contributed by atoms with Crippen LogP contribution in [-0.4, -0.2) is 47.4 Å². The fraction of sp³-hybridized carbons (Fsp3) is 0.462. The Morgan fingerprint density at radius 1 is 1.30 bits per heavy atom. The van der Waals surface area contributed by atoms with E-state index < -0.39 is 10.7 Å². The van der Waals surface area contributed by atoms with E-state index in [1.165, 1.54) is 12.1 Å². The molecule has 0 radical (unpaired) electrons. The molecule has 1 heterocycles. The highest BCUT2D eigenvalue weighted by atomic mass is 19.1. The van der Waals surface area contributed by atoms with Crippen LogP contribution in [0.25, 0.3) is 0 Å². The molecule has 0 spiro atoms. The van der Waals surface area contributed by atoms with E-state index in [1.807, 2.05) is 9.80 Å². The Balaban J connectivity index is 2.02. The van der Waals surface area contributed by atoms with Crippen LogP contribution < -0.4 is 0 Å². The van der Waals surface area contributed by atoms with Crippen LogP contribution in [0.5, 0.6) is 0 Å². The molecule has 1 saturated heterocycles. The second kappa shape index (κ2) is 6.41. The lowest BCUT2D eigenvalue weighted by Gasteiger charge is -2.33. The average Bonchev–Trinajstić information content (AvgIpc) is 2.41. The van der Waals surface area contributed by atoms with E-state index in [2.05, 4.69) is 6.07 Å². The van der Waals surface area contributed by atoms with Crippen LogP contribution in [0.15, 0.2) is 18.2 Å². The summed E-state index contributed by atoms with van der Waals surface area (Å²) >= 11 is 0. The lowest BCUT2D eigenvalue weighted by molar-refractivity contribution is -0.385. The first-order valence-electron chi connectivity index (χ1n) is 6.34. The Bertz CT molecular complexity index is 536. The van der Waals surface area contributed by atoms with E-state index in [1.54, 1.807) is 0 Å². The number of nitro benzene ring substituents is 1. The van der Waals surface area contributed by atoms with Crippen LogP contribution in [0.1, 0.15) is 5.56 Å². The molecule has 1 aromatic carbocycles. The highest BCUT2D eigenvalue weighted by Crippen LogP contribution is 2.21. The molecule has 106 valence electrons. The maximum atomic E-state index is 13.2. The molecule has 1 aliphatic rings. The van der Waals surface area contributed by atoms with Gasteiger partial charge >= 0.3 is 0 Å². The fourth-order valence-electron chi connectivity index (χ4n) is 2.31. The number of nitro groups is 1.